The van der Waals surface area contributed by atoms with E-state index in [1.54, 1.807) is 0 Å². The Kier molecular flexibility index (Phi) is 3.88. The highest BCUT2D eigenvalue weighted by Gasteiger charge is 2.21. The van der Waals surface area contributed by atoms with Crippen LogP contribution < -0.4 is 0 Å². The van der Waals surface area contributed by atoms with E-state index < -0.39 is 6.10 Å². The van der Waals surface area contributed by atoms with E-state index in [4.69, 9.17) is 0 Å². The van der Waals surface area contributed by atoms with Gasteiger partial charge >= 0.3 is 0 Å². The van der Waals surface area contributed by atoms with Crippen molar-refractivity contribution in [2.45, 2.75) is 45.1 Å². The number of hydrogen-bond donors (Lipinski definition) is 1. The summed E-state index contributed by atoms with van der Waals surface area (Å²) >= 11 is 0. The zero-order chi connectivity index (χ0) is 13.9. The normalized spacial score (nSPS) is 17.3. The molecule has 1 unspecified atom stereocenters. The fraction of sp³-hybridized carbons (Fsp3) is 0.368. The van der Waals surface area contributed by atoms with Crippen molar-refractivity contribution in [3.63, 3.8) is 0 Å². The van der Waals surface area contributed by atoms with Crippen LogP contribution in [0.15, 0.2) is 42.0 Å². The topological polar surface area (TPSA) is 20.2 Å². The van der Waals surface area contributed by atoms with Gasteiger partial charge in [0.1, 0.15) is 6.10 Å². The second-order valence-electron chi connectivity index (χ2n) is 5.73. The maximum Gasteiger partial charge on any atom is 0.101 e. The van der Waals surface area contributed by atoms with Crippen LogP contribution in [0.4, 0.5) is 0 Å². The number of unbranched alkanes of at least 4 members (excludes halogenated alkanes) is 3. The summed E-state index contributed by atoms with van der Waals surface area (Å²) in [4.78, 5) is 0. The summed E-state index contributed by atoms with van der Waals surface area (Å²) in [5, 5.41) is 13.1. The molecule has 0 heterocycles. The standard InChI is InChI=1S/C19H22O/c1-2-3-4-5-8-16-13-15-11-6-9-14-10-7-12-17(18(14)15)19(16)20/h6-7,9-13,19-20H,2-5,8H2,1H3. The van der Waals surface area contributed by atoms with Gasteiger partial charge in [-0.25, -0.2) is 0 Å². The Labute approximate surface area is 120 Å². The highest BCUT2D eigenvalue weighted by Crippen LogP contribution is 2.39. The molecule has 0 amide bonds. The molecule has 1 atom stereocenters. The Morgan fingerprint density at radius 3 is 2.60 bits per heavy atom. The highest BCUT2D eigenvalue weighted by molar-refractivity contribution is 5.96. The third-order valence-corrected chi connectivity index (χ3v) is 4.27. The van der Waals surface area contributed by atoms with Gasteiger partial charge in [-0.1, -0.05) is 68.7 Å². The lowest BCUT2D eigenvalue weighted by Gasteiger charge is -2.23. The second kappa shape index (κ2) is 5.80. The molecule has 0 radical (unpaired) electrons. The predicted octanol–water partition coefficient (Wildman–Crippen LogP) is 5.24. The largest absolute Gasteiger partial charge is 0.384 e. The first-order valence-electron chi connectivity index (χ1n) is 7.71. The molecule has 0 saturated heterocycles. The van der Waals surface area contributed by atoms with Gasteiger partial charge in [0, 0.05) is 0 Å². The third-order valence-electron chi connectivity index (χ3n) is 4.27. The smallest absolute Gasteiger partial charge is 0.101 e. The van der Waals surface area contributed by atoms with Gasteiger partial charge in [-0.3, -0.25) is 0 Å². The zero-order valence-electron chi connectivity index (χ0n) is 12.1. The molecule has 1 heteroatoms. The molecule has 1 aliphatic rings. The van der Waals surface area contributed by atoms with E-state index >= 15 is 0 Å². The van der Waals surface area contributed by atoms with Crippen LogP contribution >= 0.6 is 0 Å². The summed E-state index contributed by atoms with van der Waals surface area (Å²) in [6.07, 6.45) is 7.76. The molecule has 20 heavy (non-hydrogen) atoms. The predicted molar refractivity (Wildman–Crippen MR) is 85.6 cm³/mol. The average Bonchev–Trinajstić information content (AvgIpc) is 2.48. The molecule has 2 aromatic carbocycles. The highest BCUT2D eigenvalue weighted by atomic mass is 16.3. The van der Waals surface area contributed by atoms with E-state index in [-0.39, 0.29) is 0 Å². The van der Waals surface area contributed by atoms with E-state index in [1.165, 1.54) is 47.6 Å². The first kappa shape index (κ1) is 13.4. The van der Waals surface area contributed by atoms with Gasteiger partial charge in [-0.05, 0) is 40.3 Å². The lowest BCUT2D eigenvalue weighted by Crippen LogP contribution is -2.07. The molecule has 0 aromatic heterocycles. The van der Waals surface area contributed by atoms with Crippen molar-refractivity contribution in [1.82, 2.24) is 0 Å². The van der Waals surface area contributed by atoms with E-state index in [2.05, 4.69) is 43.3 Å². The van der Waals surface area contributed by atoms with Crippen LogP contribution in [0.25, 0.3) is 16.8 Å². The number of aliphatic hydroxyl groups is 1. The lowest BCUT2D eigenvalue weighted by molar-refractivity contribution is 0.212. The molecule has 104 valence electrons. The first-order valence-corrected chi connectivity index (χ1v) is 7.71. The summed E-state index contributed by atoms with van der Waals surface area (Å²) in [6.45, 7) is 2.23. The van der Waals surface area contributed by atoms with Crippen molar-refractivity contribution in [2.75, 3.05) is 0 Å². The van der Waals surface area contributed by atoms with Crippen LogP contribution in [0.5, 0.6) is 0 Å². The van der Waals surface area contributed by atoms with Crippen LogP contribution in [0.1, 0.15) is 56.3 Å². The number of hydrogen-bond acceptors (Lipinski definition) is 1. The van der Waals surface area contributed by atoms with E-state index in [0.29, 0.717) is 0 Å². The Hall–Kier alpha value is -1.60. The van der Waals surface area contributed by atoms with Gasteiger partial charge < -0.3 is 5.11 Å². The lowest BCUT2D eigenvalue weighted by atomic mass is 9.85. The molecular weight excluding hydrogens is 244 g/mol. The summed E-state index contributed by atoms with van der Waals surface area (Å²) in [7, 11) is 0. The van der Waals surface area contributed by atoms with Crippen LogP contribution in [-0.4, -0.2) is 5.11 Å². The number of aliphatic hydroxyl groups excluding tert-OH is 1. The minimum Gasteiger partial charge on any atom is -0.384 e. The van der Waals surface area contributed by atoms with E-state index in [0.717, 1.165) is 12.0 Å². The molecule has 1 aliphatic carbocycles. The zero-order valence-corrected chi connectivity index (χ0v) is 12.1. The van der Waals surface area contributed by atoms with Gasteiger partial charge in [-0.15, -0.1) is 0 Å². The van der Waals surface area contributed by atoms with Gasteiger partial charge in [0.2, 0.25) is 0 Å². The van der Waals surface area contributed by atoms with Crippen molar-refractivity contribution in [3.05, 3.63) is 53.1 Å². The van der Waals surface area contributed by atoms with Crippen molar-refractivity contribution in [3.8, 4) is 0 Å². The molecule has 0 aliphatic heterocycles. The molecule has 0 bridgehead atoms. The maximum absolute atomic E-state index is 10.6. The monoisotopic (exact) mass is 266 g/mol. The van der Waals surface area contributed by atoms with Crippen LogP contribution in [-0.2, 0) is 0 Å². The van der Waals surface area contributed by atoms with Crippen molar-refractivity contribution in [1.29, 1.82) is 0 Å². The Balaban J connectivity index is 1.92. The molecular formula is C19H22O. The van der Waals surface area contributed by atoms with Crippen molar-refractivity contribution >= 4 is 16.8 Å². The van der Waals surface area contributed by atoms with Crippen molar-refractivity contribution < 1.29 is 5.11 Å². The Bertz CT molecular complexity index is 634. The summed E-state index contributed by atoms with van der Waals surface area (Å²) in [6, 6.07) is 12.6. The Morgan fingerprint density at radius 2 is 1.80 bits per heavy atom. The minimum atomic E-state index is -0.421. The van der Waals surface area contributed by atoms with Gasteiger partial charge in [0.25, 0.3) is 0 Å². The SMILES string of the molecule is CCCCCCC1=Cc2cccc3cccc(c23)C1O. The van der Waals surface area contributed by atoms with E-state index in [9.17, 15) is 5.11 Å². The summed E-state index contributed by atoms with van der Waals surface area (Å²) in [5.74, 6) is 0. The van der Waals surface area contributed by atoms with Gasteiger partial charge in [0.15, 0.2) is 0 Å². The molecule has 2 aromatic rings. The fourth-order valence-corrected chi connectivity index (χ4v) is 3.19. The van der Waals surface area contributed by atoms with Crippen LogP contribution in [0, 0.1) is 0 Å². The van der Waals surface area contributed by atoms with Gasteiger partial charge in [-0.2, -0.15) is 0 Å². The summed E-state index contributed by atoms with van der Waals surface area (Å²) < 4.78 is 0. The van der Waals surface area contributed by atoms with Crippen molar-refractivity contribution in [2.24, 2.45) is 0 Å². The summed E-state index contributed by atoms with van der Waals surface area (Å²) in [5.41, 5.74) is 3.51. The molecule has 0 fully saturated rings. The van der Waals surface area contributed by atoms with Gasteiger partial charge in [0.05, 0.1) is 0 Å². The van der Waals surface area contributed by atoms with E-state index in [1.807, 2.05) is 6.07 Å². The fourth-order valence-electron chi connectivity index (χ4n) is 3.19. The average molecular weight is 266 g/mol. The molecule has 3 rings (SSSR count). The number of rotatable bonds is 5. The molecule has 0 saturated carbocycles. The van der Waals surface area contributed by atoms with Crippen LogP contribution in [0.3, 0.4) is 0 Å². The van der Waals surface area contributed by atoms with Crippen LogP contribution in [0.2, 0.25) is 0 Å². The second-order valence-corrected chi connectivity index (χ2v) is 5.73. The Morgan fingerprint density at radius 1 is 1.00 bits per heavy atom. The molecule has 0 spiro atoms. The maximum atomic E-state index is 10.6. The first-order chi connectivity index (χ1) is 9.81. The molecule has 1 N–H and O–H groups in total. The third kappa shape index (κ3) is 2.38. The quantitative estimate of drug-likeness (QED) is 0.734. The molecule has 1 nitrogen and oxygen atoms in total. The minimum absolute atomic E-state index is 0.421. The number of benzene rings is 2.